The number of rotatable bonds is 5. The Morgan fingerprint density at radius 3 is 2.38 bits per heavy atom. The average Bonchev–Trinajstić information content (AvgIpc) is 2.58. The summed E-state index contributed by atoms with van der Waals surface area (Å²) < 4.78 is 9.50. The number of nitrogens with one attached hydrogen (secondary N) is 2. The highest BCUT2D eigenvalue weighted by Gasteiger charge is 2.09. The van der Waals surface area contributed by atoms with Gasteiger partial charge in [-0.3, -0.25) is 5.32 Å². The molecule has 0 radical (unpaired) electrons. The molecule has 0 saturated carbocycles. The van der Waals surface area contributed by atoms with Gasteiger partial charge in [0, 0.05) is 11.4 Å². The molecule has 0 heterocycles. The number of carbonyl (C=O) groups is 2. The summed E-state index contributed by atoms with van der Waals surface area (Å²) >= 11 is 6.14. The van der Waals surface area contributed by atoms with Crippen LogP contribution in [-0.4, -0.2) is 25.8 Å². The van der Waals surface area contributed by atoms with Crippen molar-refractivity contribution in [3.8, 4) is 0 Å². The molecule has 24 heavy (non-hydrogen) atoms. The molecule has 0 spiro atoms. The van der Waals surface area contributed by atoms with E-state index in [0.717, 1.165) is 5.69 Å². The van der Waals surface area contributed by atoms with Gasteiger partial charge in [0.25, 0.3) is 0 Å². The maximum absolute atomic E-state index is 11.6. The fourth-order valence-corrected chi connectivity index (χ4v) is 2.11. The van der Waals surface area contributed by atoms with E-state index in [1.54, 1.807) is 49.4 Å². The second-order valence-electron chi connectivity index (χ2n) is 4.73. The van der Waals surface area contributed by atoms with Crippen molar-refractivity contribution in [2.75, 3.05) is 24.4 Å². The maximum Gasteiger partial charge on any atom is 0.411 e. The normalized spacial score (nSPS) is 9.96. The Morgan fingerprint density at radius 2 is 1.75 bits per heavy atom. The third-order valence-electron chi connectivity index (χ3n) is 3.07. The monoisotopic (exact) mass is 348 g/mol. The summed E-state index contributed by atoms with van der Waals surface area (Å²) in [4.78, 5) is 22.9. The molecule has 0 fully saturated rings. The van der Waals surface area contributed by atoms with Gasteiger partial charge < -0.3 is 14.8 Å². The number of halogens is 1. The van der Waals surface area contributed by atoms with E-state index in [1.165, 1.54) is 7.11 Å². The number of benzene rings is 2. The number of hydrogen-bond acceptors (Lipinski definition) is 5. The van der Waals surface area contributed by atoms with E-state index in [0.29, 0.717) is 28.6 Å². The first-order chi connectivity index (χ1) is 11.5. The first kappa shape index (κ1) is 17.6. The molecule has 0 saturated heterocycles. The fourth-order valence-electron chi connectivity index (χ4n) is 1.94. The lowest BCUT2D eigenvalue weighted by Crippen LogP contribution is -2.13. The highest BCUT2D eigenvalue weighted by atomic mass is 35.5. The van der Waals surface area contributed by atoms with Crippen LogP contribution in [0.5, 0.6) is 0 Å². The average molecular weight is 349 g/mol. The number of carbonyl (C=O) groups excluding carboxylic acids is 2. The van der Waals surface area contributed by atoms with Crippen LogP contribution in [-0.2, 0) is 9.47 Å². The topological polar surface area (TPSA) is 76.7 Å². The number of esters is 1. The van der Waals surface area contributed by atoms with Gasteiger partial charge in [0.2, 0.25) is 0 Å². The molecule has 0 atom stereocenters. The Morgan fingerprint density at radius 1 is 1.08 bits per heavy atom. The van der Waals surface area contributed by atoms with E-state index in [2.05, 4.69) is 10.6 Å². The number of hydrogen-bond donors (Lipinski definition) is 2. The molecular weight excluding hydrogens is 332 g/mol. The van der Waals surface area contributed by atoms with E-state index in [-0.39, 0.29) is 0 Å². The Bertz CT molecular complexity index is 732. The second-order valence-corrected chi connectivity index (χ2v) is 5.14. The molecule has 2 rings (SSSR count). The van der Waals surface area contributed by atoms with Gasteiger partial charge in [-0.15, -0.1) is 0 Å². The molecule has 0 bridgehead atoms. The summed E-state index contributed by atoms with van der Waals surface area (Å²) in [6.07, 6.45) is -0.507. The van der Waals surface area contributed by atoms with Gasteiger partial charge in [-0.25, -0.2) is 9.59 Å². The van der Waals surface area contributed by atoms with Gasteiger partial charge in [0.1, 0.15) is 0 Å². The molecule has 2 aromatic carbocycles. The van der Waals surface area contributed by atoms with Crippen LogP contribution >= 0.6 is 11.6 Å². The van der Waals surface area contributed by atoms with Crippen LogP contribution in [0.25, 0.3) is 0 Å². The summed E-state index contributed by atoms with van der Waals surface area (Å²) in [6, 6.07) is 11.8. The van der Waals surface area contributed by atoms with Gasteiger partial charge >= 0.3 is 12.1 Å². The van der Waals surface area contributed by atoms with E-state index < -0.39 is 12.1 Å². The Hall–Kier alpha value is -2.73. The zero-order valence-corrected chi connectivity index (χ0v) is 14.0. The van der Waals surface area contributed by atoms with Crippen molar-refractivity contribution < 1.29 is 19.1 Å². The molecule has 6 nitrogen and oxygen atoms in total. The van der Waals surface area contributed by atoms with Gasteiger partial charge in [-0.1, -0.05) is 11.6 Å². The van der Waals surface area contributed by atoms with E-state index >= 15 is 0 Å². The van der Waals surface area contributed by atoms with Crippen LogP contribution in [0, 0.1) is 0 Å². The molecule has 126 valence electrons. The SMILES string of the molecule is CCOC(=O)Nc1ccc(Nc2cc(C(=O)OC)ccc2Cl)cc1. The van der Waals surface area contributed by atoms with Crippen molar-refractivity contribution in [1.29, 1.82) is 0 Å². The first-order valence-electron chi connectivity index (χ1n) is 7.22. The number of ether oxygens (including phenoxy) is 2. The lowest BCUT2D eigenvalue weighted by Gasteiger charge is -2.11. The Kier molecular flexibility index (Phi) is 6.03. The van der Waals surface area contributed by atoms with Crippen LogP contribution in [0.15, 0.2) is 42.5 Å². The zero-order valence-electron chi connectivity index (χ0n) is 13.3. The molecule has 0 aliphatic heterocycles. The molecular formula is C17H17ClN2O4. The predicted octanol–water partition coefficient (Wildman–Crippen LogP) is 4.44. The van der Waals surface area contributed by atoms with Gasteiger partial charge in [-0.2, -0.15) is 0 Å². The molecule has 0 unspecified atom stereocenters. The lowest BCUT2D eigenvalue weighted by atomic mass is 10.2. The first-order valence-corrected chi connectivity index (χ1v) is 7.60. The highest BCUT2D eigenvalue weighted by molar-refractivity contribution is 6.33. The third-order valence-corrected chi connectivity index (χ3v) is 3.40. The predicted molar refractivity (Wildman–Crippen MR) is 93.2 cm³/mol. The Balaban J connectivity index is 2.11. The van der Waals surface area contributed by atoms with Crippen LogP contribution in [0.1, 0.15) is 17.3 Å². The van der Waals surface area contributed by atoms with Crippen molar-refractivity contribution in [1.82, 2.24) is 0 Å². The van der Waals surface area contributed by atoms with Crippen molar-refractivity contribution in [3.05, 3.63) is 53.1 Å². The number of anilines is 3. The quantitative estimate of drug-likeness (QED) is 0.781. The molecule has 2 N–H and O–H groups in total. The minimum absolute atomic E-state index is 0.306. The van der Waals surface area contributed by atoms with Crippen molar-refractivity contribution in [2.45, 2.75) is 6.92 Å². The number of methoxy groups -OCH3 is 1. The van der Waals surface area contributed by atoms with Gasteiger partial charge in [0.05, 0.1) is 30.0 Å². The summed E-state index contributed by atoms with van der Waals surface area (Å²) in [5.74, 6) is -0.441. The largest absolute Gasteiger partial charge is 0.465 e. The van der Waals surface area contributed by atoms with E-state index in [9.17, 15) is 9.59 Å². The Labute approximate surface area is 144 Å². The zero-order chi connectivity index (χ0) is 17.5. The summed E-state index contributed by atoms with van der Waals surface area (Å²) in [5.41, 5.74) is 2.32. The molecule has 0 aliphatic rings. The van der Waals surface area contributed by atoms with Crippen molar-refractivity contribution in [2.24, 2.45) is 0 Å². The van der Waals surface area contributed by atoms with E-state index in [4.69, 9.17) is 21.1 Å². The van der Waals surface area contributed by atoms with Gasteiger partial charge in [-0.05, 0) is 49.4 Å². The van der Waals surface area contributed by atoms with Gasteiger partial charge in [0.15, 0.2) is 0 Å². The van der Waals surface area contributed by atoms with Crippen LogP contribution in [0.2, 0.25) is 5.02 Å². The van der Waals surface area contributed by atoms with E-state index in [1.807, 2.05) is 0 Å². The molecule has 0 aliphatic carbocycles. The molecule has 7 heteroatoms. The standard InChI is InChI=1S/C17H17ClN2O4/c1-3-24-17(22)20-13-7-5-12(6-8-13)19-15-10-11(16(21)23-2)4-9-14(15)18/h4-10,19H,3H2,1-2H3,(H,20,22). The van der Waals surface area contributed by atoms with Crippen LogP contribution < -0.4 is 10.6 Å². The molecule has 0 aromatic heterocycles. The molecule has 2 aromatic rings. The minimum atomic E-state index is -0.507. The maximum atomic E-state index is 11.6. The lowest BCUT2D eigenvalue weighted by molar-refractivity contribution is 0.0600. The third kappa shape index (κ3) is 4.63. The van der Waals surface area contributed by atoms with Crippen molar-refractivity contribution >= 4 is 40.7 Å². The number of amides is 1. The van der Waals surface area contributed by atoms with Crippen molar-refractivity contribution in [3.63, 3.8) is 0 Å². The second kappa shape index (κ2) is 8.21. The molecule has 1 amide bonds. The fraction of sp³-hybridized carbons (Fsp3) is 0.176. The minimum Gasteiger partial charge on any atom is -0.465 e. The summed E-state index contributed by atoms with van der Waals surface area (Å²) in [7, 11) is 1.32. The highest BCUT2D eigenvalue weighted by Crippen LogP contribution is 2.27. The van der Waals surface area contributed by atoms with Crippen LogP contribution in [0.4, 0.5) is 21.9 Å². The summed E-state index contributed by atoms with van der Waals surface area (Å²) in [6.45, 7) is 2.04. The smallest absolute Gasteiger partial charge is 0.411 e. The van der Waals surface area contributed by atoms with Crippen LogP contribution in [0.3, 0.4) is 0 Å². The summed E-state index contributed by atoms with van der Waals surface area (Å²) in [5, 5.41) is 6.18.